The lowest BCUT2D eigenvalue weighted by Gasteiger charge is -2.50. The van der Waals surface area contributed by atoms with E-state index >= 15 is 4.39 Å². The zero-order valence-electron chi connectivity index (χ0n) is 42.4. The van der Waals surface area contributed by atoms with Gasteiger partial charge in [-0.15, -0.1) is 0 Å². The summed E-state index contributed by atoms with van der Waals surface area (Å²) < 4.78 is 42.6. The summed E-state index contributed by atoms with van der Waals surface area (Å²) in [5.74, 6) is 0.265. The van der Waals surface area contributed by atoms with Crippen LogP contribution in [0.15, 0.2) is 35.4 Å². The van der Waals surface area contributed by atoms with Crippen molar-refractivity contribution >= 4 is 58.0 Å². The summed E-state index contributed by atoms with van der Waals surface area (Å²) >= 11 is 0. The molecule has 8 heterocycles. The van der Waals surface area contributed by atoms with Gasteiger partial charge in [-0.3, -0.25) is 29.4 Å². The Balaban J connectivity index is 0.000000180. The maximum Gasteiger partial charge on any atom is 0.249 e. The lowest BCUT2D eigenvalue weighted by atomic mass is 9.78. The van der Waals surface area contributed by atoms with Crippen molar-refractivity contribution in [1.29, 1.82) is 0 Å². The van der Waals surface area contributed by atoms with Crippen LogP contribution in [0.5, 0.6) is 0 Å². The largest absolute Gasteiger partial charge is 0.383 e. The number of carbonyl (C=O) groups excluding carboxylic acids is 4. The second-order valence-electron chi connectivity index (χ2n) is 21.0. The molecule has 0 spiro atoms. The van der Waals surface area contributed by atoms with E-state index in [2.05, 4.69) is 70.2 Å². The maximum absolute atomic E-state index is 15.0. The number of nitrogens with zero attached hydrogens (tertiary/aromatic N) is 12. The Hall–Kier alpha value is -6.88. The molecule has 4 saturated heterocycles. The number of nitrogens with two attached hydrogens (primary N) is 1. The van der Waals surface area contributed by atoms with Gasteiger partial charge in [0.25, 0.3) is 0 Å². The molecule has 1 saturated carbocycles. The van der Waals surface area contributed by atoms with Crippen molar-refractivity contribution in [2.75, 3.05) is 100 Å². The Morgan fingerprint density at radius 1 is 0.877 bits per heavy atom. The van der Waals surface area contributed by atoms with Gasteiger partial charge in [-0.2, -0.15) is 5.10 Å². The van der Waals surface area contributed by atoms with Crippen molar-refractivity contribution in [3.05, 3.63) is 48.2 Å². The molecule has 4 amide bonds. The van der Waals surface area contributed by atoms with Crippen LogP contribution in [0.2, 0.25) is 0 Å². The molecule has 0 bridgehead atoms. The van der Waals surface area contributed by atoms with Gasteiger partial charge in [-0.1, -0.05) is 5.16 Å². The minimum absolute atomic E-state index is 0.0277. The fraction of sp³-hybridized carbons (Fsp3) is 0.560. The predicted octanol–water partition coefficient (Wildman–Crippen LogP) is 4.40. The van der Waals surface area contributed by atoms with Gasteiger partial charge in [0.05, 0.1) is 45.9 Å². The number of nitrogens with one attached hydrogen (secondary N) is 2. The SMILES string of the molecule is CC(C)(C)n1nc(-c2noc(C3CC3)c2-c2ncc(N3CCN(C=O)CC3)cn2)c2c(N)ncnc21.COCC(=O)N1CCC(C(C)(C)N2CCN(c3cc(F)c(NC4CCC(=O)NC4=O)cc3F)CC2)CC1. The highest BCUT2D eigenvalue weighted by Crippen LogP contribution is 2.48. The summed E-state index contributed by atoms with van der Waals surface area (Å²) in [6, 6.07) is 1.48. The van der Waals surface area contributed by atoms with E-state index in [4.69, 9.17) is 30.1 Å². The van der Waals surface area contributed by atoms with Gasteiger partial charge >= 0.3 is 0 Å². The molecule has 0 radical (unpaired) electrons. The Morgan fingerprint density at radius 2 is 1.56 bits per heavy atom. The Kier molecular flexibility index (Phi) is 14.6. The normalized spacial score (nSPS) is 19.5. The van der Waals surface area contributed by atoms with E-state index in [0.717, 1.165) is 81.3 Å². The van der Waals surface area contributed by atoms with Gasteiger partial charge in [0.1, 0.15) is 47.8 Å². The molecule has 390 valence electrons. The van der Waals surface area contributed by atoms with Crippen molar-refractivity contribution in [3.63, 3.8) is 0 Å². The predicted molar refractivity (Wildman–Crippen MR) is 268 cm³/mol. The van der Waals surface area contributed by atoms with Crippen LogP contribution in [-0.4, -0.2) is 164 Å². The summed E-state index contributed by atoms with van der Waals surface area (Å²) in [6.45, 7) is 17.6. The number of piperidine rings is 2. The number of rotatable bonds is 12. The first-order valence-corrected chi connectivity index (χ1v) is 25.1. The lowest BCUT2D eigenvalue weighted by Crippen LogP contribution is -2.59. The molecule has 4 N–H and O–H groups in total. The molecule has 1 atom stereocenters. The first-order valence-electron chi connectivity index (χ1n) is 25.1. The number of aromatic nitrogens is 7. The molecule has 5 fully saturated rings. The molecule has 5 aromatic rings. The molecule has 21 nitrogen and oxygen atoms in total. The molecule has 5 aliphatic rings. The van der Waals surface area contributed by atoms with Gasteiger partial charge in [0.2, 0.25) is 24.1 Å². The summed E-state index contributed by atoms with van der Waals surface area (Å²) in [5.41, 5.74) is 9.39. The number of hydrogen-bond donors (Lipinski definition) is 3. The van der Waals surface area contributed by atoms with Crippen LogP contribution >= 0.6 is 0 Å². The van der Waals surface area contributed by atoms with Gasteiger partial charge in [-0.05, 0) is 72.6 Å². The van der Waals surface area contributed by atoms with E-state index < -0.39 is 23.6 Å². The van der Waals surface area contributed by atoms with E-state index in [-0.39, 0.29) is 59.6 Å². The van der Waals surface area contributed by atoms with E-state index in [0.29, 0.717) is 79.2 Å². The van der Waals surface area contributed by atoms with Crippen LogP contribution in [0.25, 0.3) is 33.8 Å². The topological polar surface area (TPSA) is 239 Å². The average molecular weight is 1010 g/mol. The number of likely N-dealkylation sites (tertiary alicyclic amines) is 1. The fourth-order valence-electron chi connectivity index (χ4n) is 10.4. The highest BCUT2D eigenvalue weighted by atomic mass is 19.1. The summed E-state index contributed by atoms with van der Waals surface area (Å²) in [6.07, 6.45) is 10.3. The first kappa shape index (κ1) is 51.0. The van der Waals surface area contributed by atoms with E-state index in [9.17, 15) is 23.6 Å². The Labute approximate surface area is 422 Å². The molecule has 23 heteroatoms. The Morgan fingerprint density at radius 3 is 2.19 bits per heavy atom. The number of benzene rings is 1. The molecule has 4 aromatic heterocycles. The van der Waals surface area contributed by atoms with Crippen LogP contribution in [0, 0.1) is 17.6 Å². The van der Waals surface area contributed by atoms with E-state index in [1.165, 1.54) is 19.5 Å². The second kappa shape index (κ2) is 20.9. The highest BCUT2D eigenvalue weighted by Gasteiger charge is 2.40. The molecule has 4 aliphatic heterocycles. The third kappa shape index (κ3) is 10.8. The molecule has 73 heavy (non-hydrogen) atoms. The van der Waals surface area contributed by atoms with Gasteiger partial charge in [-0.25, -0.2) is 33.4 Å². The molecule has 10 rings (SSSR count). The van der Waals surface area contributed by atoms with Crippen molar-refractivity contribution in [2.45, 2.75) is 96.2 Å². The monoisotopic (exact) mass is 1010 g/mol. The van der Waals surface area contributed by atoms with Gasteiger partial charge in [0, 0.05) is 103 Å². The van der Waals surface area contributed by atoms with Crippen molar-refractivity contribution < 1.29 is 37.2 Å². The quantitative estimate of drug-likeness (QED) is 0.116. The van der Waals surface area contributed by atoms with Crippen LogP contribution in [0.1, 0.15) is 84.8 Å². The van der Waals surface area contributed by atoms with Crippen LogP contribution in [0.3, 0.4) is 0 Å². The maximum atomic E-state index is 15.0. The number of carbonyl (C=O) groups is 4. The molecular weight excluding hydrogens is 945 g/mol. The number of piperazine rings is 2. The third-order valence-corrected chi connectivity index (χ3v) is 14.9. The number of hydrogen-bond acceptors (Lipinski definition) is 17. The minimum atomic E-state index is -0.784. The van der Waals surface area contributed by atoms with Crippen LogP contribution in [-0.2, 0) is 29.5 Å². The third-order valence-electron chi connectivity index (χ3n) is 14.9. The average Bonchev–Trinajstić information content (AvgIpc) is 4.00. The summed E-state index contributed by atoms with van der Waals surface area (Å²) in [5, 5.41) is 14.9. The van der Waals surface area contributed by atoms with Gasteiger partial charge in [0.15, 0.2) is 17.2 Å². The molecule has 1 aromatic carbocycles. The van der Waals surface area contributed by atoms with Crippen molar-refractivity contribution in [1.82, 2.24) is 54.9 Å². The number of anilines is 4. The number of ether oxygens (including phenoxy) is 1. The van der Waals surface area contributed by atoms with Crippen molar-refractivity contribution in [3.8, 4) is 22.8 Å². The zero-order valence-corrected chi connectivity index (χ0v) is 42.4. The number of amides is 4. The smallest absolute Gasteiger partial charge is 0.249 e. The number of imide groups is 1. The number of nitrogen functional groups attached to an aromatic ring is 1. The second-order valence-corrected chi connectivity index (χ2v) is 21.0. The van der Waals surface area contributed by atoms with Crippen LogP contribution in [0.4, 0.5) is 31.7 Å². The highest BCUT2D eigenvalue weighted by molar-refractivity contribution is 6.02. The fourth-order valence-corrected chi connectivity index (χ4v) is 10.4. The van der Waals surface area contributed by atoms with Gasteiger partial charge < -0.3 is 39.9 Å². The number of halogens is 2. The Bertz CT molecular complexity index is 2820. The zero-order chi connectivity index (χ0) is 51.8. The molecular formula is C50H65F2N15O6. The van der Waals surface area contributed by atoms with Crippen LogP contribution < -0.4 is 26.2 Å². The minimum Gasteiger partial charge on any atom is -0.383 e. The summed E-state index contributed by atoms with van der Waals surface area (Å²) in [7, 11) is 1.53. The first-order chi connectivity index (χ1) is 34.9. The lowest BCUT2D eigenvalue weighted by molar-refractivity contribution is -0.137. The standard InChI is InChI=1S/C26H37F2N5O4.C24H28N10O2/c1-26(2,17-6-8-32(9-7-17)24(35)16-37-3)33-12-10-31(11-13-33)22-15-18(27)21(14-19(22)28)29-20-4-5-23(34)30-25(20)36;1-24(2,3)34-23-17(21(25)28-12-29-23)18(30-34)19-16(20(36-31-19)14-4-5-14)22-26-10-15(11-27-22)33-8-6-32(13-35)7-9-33/h14-15,17,20,29H,4-13,16H2,1-3H3,(H,30,34,36);10-14H,4-9H2,1-3H3,(H2,25,28,29). The van der Waals surface area contributed by atoms with E-state index in [1.807, 2.05) is 26.9 Å². The molecule has 1 unspecified atom stereocenters. The summed E-state index contributed by atoms with van der Waals surface area (Å²) in [4.78, 5) is 74.6. The van der Waals surface area contributed by atoms with Crippen molar-refractivity contribution in [2.24, 2.45) is 5.92 Å². The number of methoxy groups -OCH3 is 1. The number of fused-ring (bicyclic) bond motifs is 1. The van der Waals surface area contributed by atoms with E-state index in [1.54, 1.807) is 4.90 Å². The molecule has 1 aliphatic carbocycles.